The van der Waals surface area contributed by atoms with E-state index in [2.05, 4.69) is 26.0 Å². The second kappa shape index (κ2) is 3.92. The zero-order valence-electron chi connectivity index (χ0n) is 8.64. The van der Waals surface area contributed by atoms with Crippen LogP contribution < -0.4 is 0 Å². The van der Waals surface area contributed by atoms with Gasteiger partial charge in [-0.05, 0) is 40.2 Å². The Labute approximate surface area is 105 Å². The quantitative estimate of drug-likeness (QED) is 0.689. The van der Waals surface area contributed by atoms with Gasteiger partial charge < -0.3 is 0 Å². The predicted molar refractivity (Wildman–Crippen MR) is 66.1 cm³/mol. The first-order valence-corrected chi connectivity index (χ1v) is 5.81. The Balaban J connectivity index is 2.26. The van der Waals surface area contributed by atoms with Crippen molar-refractivity contribution in [2.45, 2.75) is 0 Å². The van der Waals surface area contributed by atoms with Gasteiger partial charge in [-0.15, -0.1) is 5.10 Å². The summed E-state index contributed by atoms with van der Waals surface area (Å²) in [5.41, 5.74) is 1.08. The second-order valence-electron chi connectivity index (χ2n) is 3.54. The minimum atomic E-state index is -0.320. The average molecular weight is 292 g/mol. The maximum absolute atomic E-state index is 13.6. The van der Waals surface area contributed by atoms with Gasteiger partial charge in [0.25, 0.3) is 0 Å². The van der Waals surface area contributed by atoms with Crippen molar-refractivity contribution >= 4 is 21.6 Å². The van der Waals surface area contributed by atoms with Crippen molar-refractivity contribution in [2.75, 3.05) is 0 Å². The van der Waals surface area contributed by atoms with Crippen LogP contribution in [0.2, 0.25) is 0 Å². The van der Waals surface area contributed by atoms with Crippen LogP contribution >= 0.6 is 15.9 Å². The smallest absolute Gasteiger partial charge is 0.185 e. The molecule has 0 saturated carbocycles. The number of rotatable bonds is 1. The molecule has 0 aliphatic rings. The van der Waals surface area contributed by atoms with Gasteiger partial charge in [0.2, 0.25) is 0 Å². The normalized spacial score (nSPS) is 10.9. The lowest BCUT2D eigenvalue weighted by molar-refractivity contribution is 0.630. The van der Waals surface area contributed by atoms with Crippen LogP contribution in [0.1, 0.15) is 0 Å². The van der Waals surface area contributed by atoms with Crippen molar-refractivity contribution in [1.82, 2.24) is 14.6 Å². The van der Waals surface area contributed by atoms with Crippen LogP contribution in [0.5, 0.6) is 0 Å². The fraction of sp³-hybridized carbons (Fsp3) is 0. The molecule has 5 heteroatoms. The van der Waals surface area contributed by atoms with E-state index in [1.807, 2.05) is 12.1 Å². The summed E-state index contributed by atoms with van der Waals surface area (Å²) >= 11 is 3.38. The molecule has 0 bridgehead atoms. The molecule has 0 atom stereocenters. The number of pyridine rings is 1. The van der Waals surface area contributed by atoms with Crippen LogP contribution in [0.25, 0.3) is 17.0 Å². The molecule has 0 spiro atoms. The lowest BCUT2D eigenvalue weighted by atomic mass is 10.2. The third-order valence-corrected chi connectivity index (χ3v) is 3.05. The first-order chi connectivity index (χ1) is 8.25. The lowest BCUT2D eigenvalue weighted by Gasteiger charge is -1.95. The van der Waals surface area contributed by atoms with E-state index >= 15 is 0 Å². The summed E-state index contributed by atoms with van der Waals surface area (Å²) in [6, 6.07) is 10.2. The maximum Gasteiger partial charge on any atom is 0.185 e. The molecule has 0 saturated heterocycles. The van der Waals surface area contributed by atoms with E-state index in [-0.39, 0.29) is 5.82 Å². The van der Waals surface area contributed by atoms with Crippen molar-refractivity contribution in [3.05, 3.63) is 52.9 Å². The van der Waals surface area contributed by atoms with Crippen molar-refractivity contribution < 1.29 is 4.39 Å². The van der Waals surface area contributed by atoms with Gasteiger partial charge in [-0.1, -0.05) is 12.1 Å². The Bertz CT molecular complexity index is 693. The zero-order chi connectivity index (χ0) is 11.8. The Kier molecular flexibility index (Phi) is 2.40. The fourth-order valence-electron chi connectivity index (χ4n) is 1.63. The van der Waals surface area contributed by atoms with Crippen LogP contribution in [-0.4, -0.2) is 14.6 Å². The van der Waals surface area contributed by atoms with Gasteiger partial charge in [0.1, 0.15) is 5.82 Å². The number of halogens is 2. The van der Waals surface area contributed by atoms with Gasteiger partial charge in [0, 0.05) is 6.20 Å². The van der Waals surface area contributed by atoms with Gasteiger partial charge in [-0.3, -0.25) is 0 Å². The molecule has 3 rings (SSSR count). The van der Waals surface area contributed by atoms with Crippen molar-refractivity contribution in [1.29, 1.82) is 0 Å². The zero-order valence-corrected chi connectivity index (χ0v) is 10.2. The highest BCUT2D eigenvalue weighted by atomic mass is 79.9. The van der Waals surface area contributed by atoms with Gasteiger partial charge in [0.15, 0.2) is 11.5 Å². The highest BCUT2D eigenvalue weighted by molar-refractivity contribution is 9.10. The first kappa shape index (κ1) is 10.4. The number of nitrogens with zero attached hydrogens (tertiary/aromatic N) is 3. The molecular weight excluding hydrogens is 285 g/mol. The summed E-state index contributed by atoms with van der Waals surface area (Å²) < 4.78 is 16.0. The SMILES string of the molecule is Fc1ccccc1-c1nc2c(Br)cccn2n1. The molecule has 3 aromatic rings. The molecular formula is C12H7BrFN3. The summed E-state index contributed by atoms with van der Waals surface area (Å²) in [7, 11) is 0. The number of hydrogen-bond donors (Lipinski definition) is 0. The Hall–Kier alpha value is -1.75. The van der Waals surface area contributed by atoms with Gasteiger partial charge in [0.05, 0.1) is 10.0 Å². The molecule has 17 heavy (non-hydrogen) atoms. The van der Waals surface area contributed by atoms with E-state index in [1.54, 1.807) is 28.9 Å². The van der Waals surface area contributed by atoms with E-state index in [4.69, 9.17) is 0 Å². The largest absolute Gasteiger partial charge is 0.219 e. The topological polar surface area (TPSA) is 30.2 Å². The Morgan fingerprint density at radius 3 is 2.71 bits per heavy atom. The molecule has 0 fully saturated rings. The summed E-state index contributed by atoms with van der Waals surface area (Å²) in [5, 5.41) is 4.24. The van der Waals surface area contributed by atoms with Crippen LogP contribution in [0.3, 0.4) is 0 Å². The molecule has 1 aromatic carbocycles. The van der Waals surface area contributed by atoms with Crippen LogP contribution in [0.4, 0.5) is 4.39 Å². The molecule has 0 aliphatic heterocycles. The summed E-state index contributed by atoms with van der Waals surface area (Å²) in [4.78, 5) is 4.31. The molecule has 2 heterocycles. The van der Waals surface area contributed by atoms with E-state index in [1.165, 1.54) is 6.07 Å². The Morgan fingerprint density at radius 1 is 1.12 bits per heavy atom. The van der Waals surface area contributed by atoms with Crippen LogP contribution in [0, 0.1) is 5.82 Å². The summed E-state index contributed by atoms with van der Waals surface area (Å²) in [5.74, 6) is 0.0644. The van der Waals surface area contributed by atoms with E-state index in [0.29, 0.717) is 17.0 Å². The molecule has 0 radical (unpaired) electrons. The average Bonchev–Trinajstić information content (AvgIpc) is 2.75. The minimum Gasteiger partial charge on any atom is -0.219 e. The molecule has 0 amide bonds. The van der Waals surface area contributed by atoms with E-state index < -0.39 is 0 Å². The molecule has 3 nitrogen and oxygen atoms in total. The minimum absolute atomic E-state index is 0.320. The molecule has 0 unspecified atom stereocenters. The number of aromatic nitrogens is 3. The van der Waals surface area contributed by atoms with E-state index in [9.17, 15) is 4.39 Å². The lowest BCUT2D eigenvalue weighted by Crippen LogP contribution is -1.87. The van der Waals surface area contributed by atoms with Gasteiger partial charge in [-0.25, -0.2) is 13.9 Å². The van der Waals surface area contributed by atoms with E-state index in [0.717, 1.165) is 4.47 Å². The first-order valence-electron chi connectivity index (χ1n) is 5.01. The van der Waals surface area contributed by atoms with Crippen LogP contribution in [-0.2, 0) is 0 Å². The maximum atomic E-state index is 13.6. The highest BCUT2D eigenvalue weighted by Gasteiger charge is 2.11. The monoisotopic (exact) mass is 291 g/mol. The third-order valence-electron chi connectivity index (χ3n) is 2.43. The molecule has 0 N–H and O–H groups in total. The van der Waals surface area contributed by atoms with Gasteiger partial charge in [-0.2, -0.15) is 0 Å². The second-order valence-corrected chi connectivity index (χ2v) is 4.39. The third kappa shape index (κ3) is 1.72. The molecule has 2 aromatic heterocycles. The van der Waals surface area contributed by atoms with Gasteiger partial charge >= 0.3 is 0 Å². The number of hydrogen-bond acceptors (Lipinski definition) is 2. The molecule has 84 valence electrons. The number of fused-ring (bicyclic) bond motifs is 1. The highest BCUT2D eigenvalue weighted by Crippen LogP contribution is 2.22. The summed E-state index contributed by atoms with van der Waals surface area (Å²) in [6.07, 6.45) is 1.78. The number of benzene rings is 1. The standard InChI is InChI=1S/C12H7BrFN3/c13-9-5-3-7-17-12(9)15-11(16-17)8-4-1-2-6-10(8)14/h1-7H. The fourth-order valence-corrected chi connectivity index (χ4v) is 2.05. The molecule has 0 aliphatic carbocycles. The van der Waals surface area contributed by atoms with Crippen molar-refractivity contribution in [3.8, 4) is 11.4 Å². The van der Waals surface area contributed by atoms with Crippen molar-refractivity contribution in [3.63, 3.8) is 0 Å². The summed E-state index contributed by atoms with van der Waals surface area (Å²) in [6.45, 7) is 0. The predicted octanol–water partition coefficient (Wildman–Crippen LogP) is 3.30. The van der Waals surface area contributed by atoms with Crippen LogP contribution in [0.15, 0.2) is 47.1 Å². The Morgan fingerprint density at radius 2 is 1.94 bits per heavy atom. The van der Waals surface area contributed by atoms with Crippen molar-refractivity contribution in [2.24, 2.45) is 0 Å².